The van der Waals surface area contributed by atoms with Gasteiger partial charge in [-0.2, -0.15) is 0 Å². The zero-order valence-corrected chi connectivity index (χ0v) is 18.2. The van der Waals surface area contributed by atoms with Crippen molar-refractivity contribution in [2.24, 2.45) is 7.05 Å². The number of hydrogen-bond donors (Lipinski definition) is 1. The molecular weight excluding hydrogens is 414 g/mol. The van der Waals surface area contributed by atoms with Crippen LogP contribution < -0.4 is 10.9 Å². The number of nitrogens with one attached hydrogen (secondary N) is 1. The number of thioether (sulfide) groups is 1. The van der Waals surface area contributed by atoms with E-state index in [9.17, 15) is 9.59 Å². The van der Waals surface area contributed by atoms with Crippen LogP contribution in [0.3, 0.4) is 0 Å². The summed E-state index contributed by atoms with van der Waals surface area (Å²) in [6.45, 7) is 3.68. The van der Waals surface area contributed by atoms with Gasteiger partial charge in [0.25, 0.3) is 5.56 Å². The number of anilines is 1. The van der Waals surface area contributed by atoms with Crippen LogP contribution in [0.4, 0.5) is 5.69 Å². The molecule has 4 rings (SSSR count). The maximum Gasteiger partial charge on any atom is 0.262 e. The van der Waals surface area contributed by atoms with E-state index < -0.39 is 5.25 Å². The summed E-state index contributed by atoms with van der Waals surface area (Å²) in [4.78, 5) is 32.3. The minimum Gasteiger partial charge on any atom is -0.325 e. The number of amides is 1. The fraction of sp³-hybridized carbons (Fsp3) is 0.350. The predicted molar refractivity (Wildman–Crippen MR) is 117 cm³/mol. The fourth-order valence-electron chi connectivity index (χ4n) is 3.40. The molecular formula is C20H20ClN3O2S2. The molecule has 0 radical (unpaired) electrons. The largest absolute Gasteiger partial charge is 0.325 e. The number of carbonyl (C=O) groups excluding carboxylic acids is 1. The average molecular weight is 434 g/mol. The van der Waals surface area contributed by atoms with Gasteiger partial charge in [-0.05, 0) is 56.4 Å². The van der Waals surface area contributed by atoms with E-state index in [4.69, 9.17) is 16.6 Å². The summed E-state index contributed by atoms with van der Waals surface area (Å²) in [6.07, 6.45) is 3.09. The summed E-state index contributed by atoms with van der Waals surface area (Å²) >= 11 is 9.03. The lowest BCUT2D eigenvalue weighted by Crippen LogP contribution is -2.25. The third kappa shape index (κ3) is 3.36. The molecule has 0 spiro atoms. The smallest absolute Gasteiger partial charge is 0.262 e. The lowest BCUT2D eigenvalue weighted by Gasteiger charge is -2.15. The van der Waals surface area contributed by atoms with Gasteiger partial charge >= 0.3 is 0 Å². The highest BCUT2D eigenvalue weighted by molar-refractivity contribution is 8.00. The Morgan fingerprint density at radius 2 is 2.18 bits per heavy atom. The summed E-state index contributed by atoms with van der Waals surface area (Å²) in [5.41, 5.74) is 2.67. The summed E-state index contributed by atoms with van der Waals surface area (Å²) in [7, 11) is 1.72. The maximum atomic E-state index is 12.9. The van der Waals surface area contributed by atoms with Crippen molar-refractivity contribution in [3.8, 4) is 0 Å². The lowest BCUT2D eigenvalue weighted by atomic mass is 10.2. The van der Waals surface area contributed by atoms with Crippen LogP contribution in [-0.2, 0) is 24.7 Å². The van der Waals surface area contributed by atoms with Gasteiger partial charge in [0.1, 0.15) is 4.83 Å². The van der Waals surface area contributed by atoms with Crippen LogP contribution in [0.15, 0.2) is 28.2 Å². The van der Waals surface area contributed by atoms with Gasteiger partial charge in [-0.25, -0.2) is 4.98 Å². The Bertz CT molecular complexity index is 1150. The highest BCUT2D eigenvalue weighted by atomic mass is 35.5. The van der Waals surface area contributed by atoms with Gasteiger partial charge in [-0.1, -0.05) is 29.4 Å². The van der Waals surface area contributed by atoms with E-state index in [0.717, 1.165) is 35.0 Å². The fourth-order valence-corrected chi connectivity index (χ4v) is 5.75. The Kier molecular flexibility index (Phi) is 5.24. The number of fused-ring (bicyclic) bond motifs is 3. The Labute approximate surface area is 176 Å². The SMILES string of the molecule is Cc1c(Cl)cccc1NC(=O)C(C)Sc1nc2sc3c(c2c(=O)n1C)CCC3. The topological polar surface area (TPSA) is 64.0 Å². The van der Waals surface area contributed by atoms with Crippen LogP contribution in [0, 0.1) is 6.92 Å². The third-order valence-corrected chi connectivity index (χ3v) is 7.82. The first-order chi connectivity index (χ1) is 13.4. The van der Waals surface area contributed by atoms with Crippen molar-refractivity contribution in [1.29, 1.82) is 0 Å². The summed E-state index contributed by atoms with van der Waals surface area (Å²) in [5.74, 6) is -0.154. The van der Waals surface area contributed by atoms with Crippen molar-refractivity contribution >= 4 is 56.5 Å². The molecule has 1 aliphatic carbocycles. The maximum absolute atomic E-state index is 12.9. The number of hydrogen-bond acceptors (Lipinski definition) is 5. The van der Waals surface area contributed by atoms with Crippen molar-refractivity contribution in [1.82, 2.24) is 9.55 Å². The van der Waals surface area contributed by atoms with E-state index in [1.54, 1.807) is 35.1 Å². The minimum atomic E-state index is -0.416. The summed E-state index contributed by atoms with van der Waals surface area (Å²) in [6, 6.07) is 5.42. The van der Waals surface area contributed by atoms with Crippen LogP contribution in [0.1, 0.15) is 29.3 Å². The number of aryl methyl sites for hydroxylation is 2. The molecule has 2 aromatic heterocycles. The number of thiophene rings is 1. The lowest BCUT2D eigenvalue weighted by molar-refractivity contribution is -0.115. The second-order valence-corrected chi connectivity index (χ2v) is 9.76. The Morgan fingerprint density at radius 3 is 2.96 bits per heavy atom. The van der Waals surface area contributed by atoms with Gasteiger partial charge in [0.2, 0.25) is 5.91 Å². The van der Waals surface area contributed by atoms with Crippen LogP contribution in [0.2, 0.25) is 5.02 Å². The average Bonchev–Trinajstić information content (AvgIpc) is 3.23. The molecule has 8 heteroatoms. The number of rotatable bonds is 4. The van der Waals surface area contributed by atoms with Crippen molar-refractivity contribution in [3.05, 3.63) is 49.6 Å². The molecule has 0 saturated heterocycles. The first kappa shape index (κ1) is 19.5. The molecule has 3 aromatic rings. The van der Waals surface area contributed by atoms with E-state index >= 15 is 0 Å². The van der Waals surface area contributed by atoms with Gasteiger partial charge in [-0.3, -0.25) is 14.2 Å². The normalized spacial score (nSPS) is 14.3. The molecule has 1 aliphatic rings. The Morgan fingerprint density at radius 1 is 1.39 bits per heavy atom. The molecule has 1 aromatic carbocycles. The molecule has 146 valence electrons. The molecule has 0 fully saturated rings. The molecule has 1 N–H and O–H groups in total. The van der Waals surface area contributed by atoms with E-state index in [-0.39, 0.29) is 11.5 Å². The molecule has 1 amide bonds. The molecule has 28 heavy (non-hydrogen) atoms. The molecule has 1 unspecified atom stereocenters. The highest BCUT2D eigenvalue weighted by Gasteiger charge is 2.24. The van der Waals surface area contributed by atoms with Crippen molar-refractivity contribution in [3.63, 3.8) is 0 Å². The van der Waals surface area contributed by atoms with Crippen molar-refractivity contribution < 1.29 is 4.79 Å². The van der Waals surface area contributed by atoms with E-state index in [2.05, 4.69) is 5.32 Å². The van der Waals surface area contributed by atoms with E-state index in [1.807, 2.05) is 19.9 Å². The van der Waals surface area contributed by atoms with E-state index in [0.29, 0.717) is 15.9 Å². The Balaban J connectivity index is 1.59. The van der Waals surface area contributed by atoms with Gasteiger partial charge < -0.3 is 5.32 Å². The van der Waals surface area contributed by atoms with Crippen LogP contribution in [0.25, 0.3) is 10.2 Å². The minimum absolute atomic E-state index is 0.0230. The van der Waals surface area contributed by atoms with Crippen molar-refractivity contribution in [2.75, 3.05) is 5.32 Å². The molecule has 0 bridgehead atoms. The monoisotopic (exact) mass is 433 g/mol. The molecule has 1 atom stereocenters. The Hall–Kier alpha value is -1.83. The first-order valence-electron chi connectivity index (χ1n) is 9.10. The highest BCUT2D eigenvalue weighted by Crippen LogP contribution is 2.36. The van der Waals surface area contributed by atoms with Gasteiger partial charge in [0, 0.05) is 22.6 Å². The molecule has 0 saturated carbocycles. The van der Waals surface area contributed by atoms with Crippen LogP contribution >= 0.6 is 34.7 Å². The zero-order chi connectivity index (χ0) is 20.0. The standard InChI is InChI=1S/C20H20ClN3O2S2/c1-10-13(21)7-5-8-14(10)22-17(25)11(2)27-20-23-18-16(19(26)24(20)3)12-6-4-9-15(12)28-18/h5,7-8,11H,4,6,9H2,1-3H3,(H,22,25). The van der Waals surface area contributed by atoms with Crippen LogP contribution in [0.5, 0.6) is 0 Å². The predicted octanol–water partition coefficient (Wildman–Crippen LogP) is 4.56. The number of carbonyl (C=O) groups is 1. The molecule has 5 nitrogen and oxygen atoms in total. The first-order valence-corrected chi connectivity index (χ1v) is 11.2. The van der Waals surface area contributed by atoms with Crippen molar-refractivity contribution in [2.45, 2.75) is 43.5 Å². The number of aromatic nitrogens is 2. The van der Waals surface area contributed by atoms with Crippen LogP contribution in [-0.4, -0.2) is 20.7 Å². The molecule has 2 heterocycles. The van der Waals surface area contributed by atoms with E-state index in [1.165, 1.54) is 22.2 Å². The van der Waals surface area contributed by atoms with Gasteiger partial charge in [0.15, 0.2) is 5.16 Å². The summed E-state index contributed by atoms with van der Waals surface area (Å²) in [5, 5.41) is 4.43. The number of nitrogens with zero attached hydrogens (tertiary/aromatic N) is 2. The second kappa shape index (κ2) is 7.54. The summed E-state index contributed by atoms with van der Waals surface area (Å²) < 4.78 is 1.56. The second-order valence-electron chi connectivity index (χ2n) is 6.96. The molecule has 0 aliphatic heterocycles. The van der Waals surface area contributed by atoms with Gasteiger partial charge in [-0.15, -0.1) is 11.3 Å². The number of benzene rings is 1. The van der Waals surface area contributed by atoms with Gasteiger partial charge in [0.05, 0.1) is 10.6 Å². The quantitative estimate of drug-likeness (QED) is 0.483. The third-order valence-electron chi connectivity index (χ3n) is 5.08. The zero-order valence-electron chi connectivity index (χ0n) is 15.8. The number of halogens is 1.